The maximum atomic E-state index is 7.83. The van der Waals surface area contributed by atoms with E-state index < -0.39 is 6.85 Å². The van der Waals surface area contributed by atoms with Crippen LogP contribution in [0, 0.1) is 13.8 Å². The number of fused-ring (bicyclic) bond motifs is 3. The minimum Gasteiger partial charge on any atom is -0.194 e. The lowest BCUT2D eigenvalue weighted by molar-refractivity contribution is -0.672. The van der Waals surface area contributed by atoms with Crippen molar-refractivity contribution in [3.05, 3.63) is 77.5 Å². The second-order valence-electron chi connectivity index (χ2n) is 5.53. The summed E-state index contributed by atoms with van der Waals surface area (Å²) in [6.45, 7) is 0.834. The van der Waals surface area contributed by atoms with Crippen LogP contribution in [0.3, 0.4) is 0 Å². The van der Waals surface area contributed by atoms with Crippen molar-refractivity contribution in [2.75, 3.05) is 0 Å². The smallest absolute Gasteiger partial charge is 0.194 e. The second-order valence-corrected chi connectivity index (χ2v) is 5.53. The maximum absolute atomic E-state index is 7.83. The van der Waals surface area contributed by atoms with E-state index in [9.17, 15) is 0 Å². The summed E-state index contributed by atoms with van der Waals surface area (Å²) in [6.07, 6.45) is 2.06. The lowest BCUT2D eigenvalue weighted by Gasteiger charge is -2.10. The number of hydrogen-bond acceptors (Lipinski definition) is 0. The second kappa shape index (κ2) is 4.56. The molecule has 4 rings (SSSR count). The van der Waals surface area contributed by atoms with Crippen molar-refractivity contribution in [3.8, 4) is 22.4 Å². The van der Waals surface area contributed by atoms with Gasteiger partial charge in [-0.1, -0.05) is 42.5 Å². The van der Waals surface area contributed by atoms with Gasteiger partial charge in [0.05, 0.1) is 5.56 Å². The Morgan fingerprint density at radius 1 is 0.905 bits per heavy atom. The summed E-state index contributed by atoms with van der Waals surface area (Å²) < 4.78 is 25.7. The third-order valence-electron chi connectivity index (χ3n) is 4.30. The monoisotopic (exact) mass is 275 g/mol. The molecule has 3 aromatic rings. The van der Waals surface area contributed by atoms with Crippen LogP contribution in [0.25, 0.3) is 22.4 Å². The largest absolute Gasteiger partial charge is 0.216 e. The molecule has 102 valence electrons. The molecule has 1 aliphatic rings. The highest BCUT2D eigenvalue weighted by Gasteiger charge is 2.28. The van der Waals surface area contributed by atoms with Gasteiger partial charge in [-0.15, -0.1) is 0 Å². The van der Waals surface area contributed by atoms with Gasteiger partial charge in [0.15, 0.2) is 12.7 Å². The predicted molar refractivity (Wildman–Crippen MR) is 86.1 cm³/mol. The normalized spacial score (nSPS) is 14.8. The van der Waals surface area contributed by atoms with Gasteiger partial charge in [0, 0.05) is 21.3 Å². The minimum absolute atomic E-state index is 0.407. The van der Waals surface area contributed by atoms with Crippen molar-refractivity contribution < 1.29 is 8.68 Å². The molecule has 1 nitrogen and oxygen atoms in total. The van der Waals surface area contributed by atoms with Crippen LogP contribution in [0.4, 0.5) is 0 Å². The lowest BCUT2D eigenvalue weighted by Crippen LogP contribution is -2.32. The first kappa shape index (κ1) is 9.51. The Bertz CT molecular complexity index is 942. The van der Waals surface area contributed by atoms with E-state index in [1.54, 1.807) is 12.1 Å². The first-order chi connectivity index (χ1) is 11.5. The summed E-state index contributed by atoms with van der Waals surface area (Å²) >= 11 is 0. The third kappa shape index (κ3) is 1.81. The Hall–Kier alpha value is -2.41. The Morgan fingerprint density at radius 3 is 2.52 bits per heavy atom. The zero-order chi connectivity index (χ0) is 16.9. The highest BCUT2D eigenvalue weighted by molar-refractivity contribution is 5.77. The molecule has 0 spiro atoms. The molecule has 1 aliphatic heterocycles. The average Bonchev–Trinajstić information content (AvgIpc) is 2.94. The molecule has 1 aromatic heterocycles. The molecule has 0 saturated carbocycles. The molecule has 1 heteroatoms. The first-order valence-corrected chi connectivity index (χ1v) is 7.18. The van der Waals surface area contributed by atoms with Crippen LogP contribution in [0.15, 0.2) is 60.8 Å². The molecule has 0 amide bonds. The number of hydrogen-bond donors (Lipinski definition) is 0. The predicted octanol–water partition coefficient (Wildman–Crippen LogP) is 4.29. The van der Waals surface area contributed by atoms with Gasteiger partial charge in [0.2, 0.25) is 5.69 Å². The van der Waals surface area contributed by atoms with Crippen LogP contribution in [-0.4, -0.2) is 0 Å². The first-order valence-electron chi connectivity index (χ1n) is 8.68. The summed E-state index contributed by atoms with van der Waals surface area (Å²) in [7, 11) is 0. The number of nitrogens with zero attached hydrogens (tertiary/aromatic N) is 1. The summed E-state index contributed by atoms with van der Waals surface area (Å²) in [4.78, 5) is 0. The van der Waals surface area contributed by atoms with Crippen LogP contribution in [-0.2, 0) is 6.54 Å². The number of rotatable bonds is 1. The zero-order valence-electron chi connectivity index (χ0n) is 14.9. The van der Waals surface area contributed by atoms with E-state index in [1.165, 1.54) is 16.8 Å². The highest BCUT2D eigenvalue weighted by Crippen LogP contribution is 2.34. The van der Waals surface area contributed by atoms with Crippen molar-refractivity contribution in [1.82, 2.24) is 0 Å². The molecule has 0 fully saturated rings. The number of benzene rings is 2. The molecule has 0 aliphatic carbocycles. The van der Waals surface area contributed by atoms with E-state index in [1.807, 2.05) is 18.2 Å². The standard InChI is InChI=1S/C20H18N/c1-14-7-3-5-9-17(14)18-11-12-21-13-16-8-4-6-10-19(16)20(21)15(18)2/h3-12H,13H2,1-2H3/q+1/i1D3. The Labute approximate surface area is 129 Å². The zero-order valence-corrected chi connectivity index (χ0v) is 11.9. The van der Waals surface area contributed by atoms with Crippen LogP contribution in [0.5, 0.6) is 0 Å². The van der Waals surface area contributed by atoms with Gasteiger partial charge in [0.25, 0.3) is 0 Å². The molecule has 0 atom stereocenters. The summed E-state index contributed by atoms with van der Waals surface area (Å²) in [5.41, 5.74) is 7.05. The average molecular weight is 275 g/mol. The number of pyridine rings is 1. The fraction of sp³-hybridized carbons (Fsp3) is 0.150. The SMILES string of the molecule is [2H]C([2H])([2H])c1ccccc1-c1cc[n+]2c(c1C)-c1ccccc1C2. The summed E-state index contributed by atoms with van der Waals surface area (Å²) in [5, 5.41) is 0. The van der Waals surface area contributed by atoms with Crippen LogP contribution >= 0.6 is 0 Å². The van der Waals surface area contributed by atoms with E-state index in [4.69, 9.17) is 4.11 Å². The fourth-order valence-corrected chi connectivity index (χ4v) is 3.28. The van der Waals surface area contributed by atoms with Gasteiger partial charge in [-0.05, 0) is 36.5 Å². The van der Waals surface area contributed by atoms with Crippen molar-refractivity contribution >= 4 is 0 Å². The van der Waals surface area contributed by atoms with Crippen LogP contribution in [0.1, 0.15) is 20.8 Å². The van der Waals surface area contributed by atoms with Crippen molar-refractivity contribution in [2.24, 2.45) is 0 Å². The van der Waals surface area contributed by atoms with E-state index >= 15 is 0 Å². The molecule has 0 saturated heterocycles. The quantitative estimate of drug-likeness (QED) is 0.456. The van der Waals surface area contributed by atoms with E-state index in [0.717, 1.165) is 23.2 Å². The minimum atomic E-state index is -2.12. The molecule has 2 heterocycles. The van der Waals surface area contributed by atoms with Gasteiger partial charge in [-0.3, -0.25) is 0 Å². The maximum Gasteiger partial charge on any atom is 0.216 e. The van der Waals surface area contributed by atoms with Crippen LogP contribution < -0.4 is 4.57 Å². The molecule has 0 N–H and O–H groups in total. The fourth-order valence-electron chi connectivity index (χ4n) is 3.28. The highest BCUT2D eigenvalue weighted by atomic mass is 15.0. The van der Waals surface area contributed by atoms with Crippen LogP contribution in [0.2, 0.25) is 0 Å². The van der Waals surface area contributed by atoms with Gasteiger partial charge >= 0.3 is 0 Å². The van der Waals surface area contributed by atoms with E-state index in [-0.39, 0.29) is 0 Å². The Kier molecular flexibility index (Phi) is 2.06. The van der Waals surface area contributed by atoms with Gasteiger partial charge in [-0.25, -0.2) is 0 Å². The Balaban J connectivity index is 1.96. The molecular weight excluding hydrogens is 254 g/mol. The topological polar surface area (TPSA) is 3.88 Å². The number of aromatic nitrogens is 1. The van der Waals surface area contributed by atoms with Crippen molar-refractivity contribution in [1.29, 1.82) is 0 Å². The van der Waals surface area contributed by atoms with Gasteiger partial charge in [0.1, 0.15) is 0 Å². The Morgan fingerprint density at radius 2 is 1.67 bits per heavy atom. The van der Waals surface area contributed by atoms with E-state index in [2.05, 4.69) is 42.0 Å². The molecule has 2 aromatic carbocycles. The molecule has 0 bridgehead atoms. The number of aryl methyl sites for hydroxylation is 1. The van der Waals surface area contributed by atoms with Gasteiger partial charge in [-0.2, -0.15) is 4.57 Å². The van der Waals surface area contributed by atoms with E-state index in [0.29, 0.717) is 5.56 Å². The molecule has 21 heavy (non-hydrogen) atoms. The summed E-state index contributed by atoms with van der Waals surface area (Å²) in [6, 6.07) is 17.7. The molecular formula is C20H18N+. The van der Waals surface area contributed by atoms with Gasteiger partial charge < -0.3 is 0 Å². The van der Waals surface area contributed by atoms with Crippen molar-refractivity contribution in [3.63, 3.8) is 0 Å². The third-order valence-corrected chi connectivity index (χ3v) is 4.30. The molecule has 0 radical (unpaired) electrons. The summed E-state index contributed by atoms with van der Waals surface area (Å²) in [5.74, 6) is 0. The lowest BCUT2D eigenvalue weighted by atomic mass is 9.94. The molecule has 0 unspecified atom stereocenters. The van der Waals surface area contributed by atoms with Crippen molar-refractivity contribution in [2.45, 2.75) is 20.3 Å².